The van der Waals surface area contributed by atoms with Gasteiger partial charge in [-0.15, -0.1) is 35.7 Å². The van der Waals surface area contributed by atoms with E-state index >= 15 is 0 Å². The molecule has 7 heterocycles. The van der Waals surface area contributed by atoms with Gasteiger partial charge in [-0.1, -0.05) is 340 Å². The zero-order chi connectivity index (χ0) is 90.8. The van der Waals surface area contributed by atoms with Crippen LogP contribution in [0.3, 0.4) is 0 Å². The third-order valence-electron chi connectivity index (χ3n) is 22.0. The minimum absolute atomic E-state index is 0.636. The highest BCUT2D eigenvalue weighted by Crippen LogP contribution is 2.20. The fourth-order valence-corrected chi connectivity index (χ4v) is 14.2. The van der Waals surface area contributed by atoms with Crippen molar-refractivity contribution in [3.05, 3.63) is 83.2 Å². The fourth-order valence-electron chi connectivity index (χ4n) is 14.2. The van der Waals surface area contributed by atoms with Gasteiger partial charge in [-0.25, -0.2) is 32.8 Å². The van der Waals surface area contributed by atoms with Crippen LogP contribution in [0.25, 0.3) is 0 Å². The number of rotatable bonds is 59. The molecule has 0 spiro atoms. The number of hydrogen-bond donors (Lipinski definition) is 0. The molecule has 0 aliphatic rings. The van der Waals surface area contributed by atoms with Crippen molar-refractivity contribution in [1.82, 2.24) is 105 Å². The van der Waals surface area contributed by atoms with Crippen molar-refractivity contribution in [3.8, 4) is 0 Å². The second-order valence-corrected chi connectivity index (χ2v) is 41.5. The van der Waals surface area contributed by atoms with Crippen molar-refractivity contribution in [2.45, 2.75) is 484 Å². The monoisotopic (exact) mass is 1700 g/mol. The van der Waals surface area contributed by atoms with Crippen LogP contribution in [0.4, 0.5) is 0 Å². The van der Waals surface area contributed by atoms with Crippen LogP contribution in [0.15, 0.2) is 43.4 Å². The van der Waals surface area contributed by atoms with E-state index in [0.29, 0.717) is 11.8 Å². The van der Waals surface area contributed by atoms with Crippen LogP contribution in [0.2, 0.25) is 0 Å². The van der Waals surface area contributed by atoms with Crippen molar-refractivity contribution >= 4 is 0 Å². The molecule has 0 atom stereocenters. The van der Waals surface area contributed by atoms with Crippen molar-refractivity contribution in [1.29, 1.82) is 0 Å². The molecule has 0 bridgehead atoms. The topological polar surface area (TPSA) is 215 Å². The first-order valence-electron chi connectivity index (χ1n) is 50.3. The Hall–Kier alpha value is -6.02. The molecule has 7 aromatic rings. The maximum atomic E-state index is 4.20. The van der Waals surface area contributed by atoms with Gasteiger partial charge in [0.2, 0.25) is 0 Å². The molecule has 0 amide bonds. The summed E-state index contributed by atoms with van der Waals surface area (Å²) in [6, 6.07) is 0. The zero-order valence-electron chi connectivity index (χ0n) is 84.8. The predicted octanol–water partition coefficient (Wildman–Crippen LogP) is 27.0. The third-order valence-corrected chi connectivity index (χ3v) is 22.0. The first-order chi connectivity index (χ1) is 58.1. The summed E-state index contributed by atoms with van der Waals surface area (Å²) in [6.07, 6.45) is 61.5. The van der Waals surface area contributed by atoms with E-state index in [1.165, 1.54) is 239 Å². The first-order valence-corrected chi connectivity index (χ1v) is 50.3. The number of aromatic nitrogens is 21. The largest absolute Gasteiger partial charge is 0.249 e. The van der Waals surface area contributed by atoms with Crippen LogP contribution in [0, 0.1) is 82.9 Å². The Labute approximate surface area is 750 Å². The average molecular weight is 1700 g/mol. The van der Waals surface area contributed by atoms with Gasteiger partial charge in [-0.05, 0) is 218 Å². The van der Waals surface area contributed by atoms with Gasteiger partial charge in [-0.2, -0.15) is 0 Å². The lowest BCUT2D eigenvalue weighted by Crippen LogP contribution is -2.09. The summed E-state index contributed by atoms with van der Waals surface area (Å²) in [5.41, 5.74) is 9.10. The quantitative estimate of drug-likeness (QED) is 0.0324. The smallest absolute Gasteiger partial charge is 0.0725 e. The van der Waals surface area contributed by atoms with E-state index in [-0.39, 0.29) is 0 Å². The minimum atomic E-state index is 0.636. The number of aryl methyl sites for hydroxylation is 12. The molecular formula is C101H195N21. The minimum Gasteiger partial charge on any atom is -0.249 e. The van der Waals surface area contributed by atoms with E-state index in [0.717, 1.165) is 162 Å². The molecule has 0 N–H and O–H groups in total. The Bertz CT molecular complexity index is 3150. The maximum absolute atomic E-state index is 4.20. The zero-order valence-corrected chi connectivity index (χ0v) is 84.8. The molecule has 0 aliphatic heterocycles. The van der Waals surface area contributed by atoms with Crippen molar-refractivity contribution < 1.29 is 0 Å². The molecule has 0 aromatic carbocycles. The molecule has 122 heavy (non-hydrogen) atoms. The summed E-state index contributed by atoms with van der Waals surface area (Å²) in [5, 5.41) is 57.4. The summed E-state index contributed by atoms with van der Waals surface area (Å²) in [7, 11) is 0. The standard InChI is InChI=1S/C17H33N3.6C14H27N3/c1-15(2)10-8-6-5-7-9-11-17-14-18-19-20(17)13-12-16(3)4;2*1-12(2)7-5-9-14-11-15-16-17(14)10-6-8-13(3)4;2*1-12(2)7-5-6-8-14-11-15-16-17(14)10-9-13(3)4;2*1-12(2)8-6-5-7-9-14-10-15-16-17(14)11-13(3)4/h14-16H,5-13H2,1-4H3;4*11-13H,5-10H2,1-4H3;2*10,12-13H,5-9,11H2,1-4H3. The summed E-state index contributed by atoms with van der Waals surface area (Å²) in [5.74, 6) is 10.8. The lowest BCUT2D eigenvalue weighted by molar-refractivity contribution is 0.453. The van der Waals surface area contributed by atoms with Gasteiger partial charge in [0.1, 0.15) is 0 Å². The molecule has 21 nitrogen and oxygen atoms in total. The highest BCUT2D eigenvalue weighted by molar-refractivity contribution is 4.99. The van der Waals surface area contributed by atoms with Crippen LogP contribution >= 0.6 is 0 Å². The highest BCUT2D eigenvalue weighted by atomic mass is 15.5. The lowest BCUT2D eigenvalue weighted by atomic mass is 10.0. The summed E-state index contributed by atoms with van der Waals surface area (Å²) in [6.45, 7) is 70.6. The van der Waals surface area contributed by atoms with Gasteiger partial charge >= 0.3 is 0 Å². The van der Waals surface area contributed by atoms with Gasteiger partial charge in [0.15, 0.2) is 0 Å². The summed E-state index contributed by atoms with van der Waals surface area (Å²) >= 11 is 0. The molecule has 7 aromatic heterocycles. The van der Waals surface area contributed by atoms with Crippen molar-refractivity contribution in [2.24, 2.45) is 82.9 Å². The highest BCUT2D eigenvalue weighted by Gasteiger charge is 2.14. The molecule has 0 unspecified atom stereocenters. The van der Waals surface area contributed by atoms with E-state index in [9.17, 15) is 0 Å². The molecule has 0 saturated heterocycles. The van der Waals surface area contributed by atoms with Crippen LogP contribution in [-0.4, -0.2) is 105 Å². The molecule has 0 fully saturated rings. The molecule has 0 radical (unpaired) electrons. The van der Waals surface area contributed by atoms with E-state index in [1.807, 2.05) is 43.4 Å². The molecule has 7 rings (SSSR count). The lowest BCUT2D eigenvalue weighted by Gasteiger charge is -2.08. The molecule has 704 valence electrons. The Morgan fingerprint density at radius 3 is 0.541 bits per heavy atom. The maximum Gasteiger partial charge on any atom is 0.0725 e. The number of nitrogens with zero attached hydrogens (tertiary/aromatic N) is 21. The Morgan fingerprint density at radius 2 is 0.311 bits per heavy atom. The normalized spacial score (nSPS) is 11.7. The van der Waals surface area contributed by atoms with E-state index in [2.05, 4.69) is 299 Å². The van der Waals surface area contributed by atoms with E-state index in [1.54, 1.807) is 0 Å². The SMILES string of the molecule is CC(C)CCCCCCCc1cnnn1CCC(C)C.CC(C)CCCCCc1cnnn1CC(C)C.CC(C)CCCCCc1cnnn1CC(C)C.CC(C)CCCCc1cnnn1CCC(C)C.CC(C)CCCCc1cnnn1CCC(C)C.CC(C)CCCc1cnnn1CCCC(C)C.CC(C)CCCc1cnnn1CCCC(C)C. The van der Waals surface area contributed by atoms with Gasteiger partial charge in [-0.3, -0.25) is 0 Å². The van der Waals surface area contributed by atoms with Gasteiger partial charge in [0, 0.05) is 45.8 Å². The summed E-state index contributed by atoms with van der Waals surface area (Å²) in [4.78, 5) is 0. The third kappa shape index (κ3) is 63.8. The first kappa shape index (κ1) is 114. The van der Waals surface area contributed by atoms with Gasteiger partial charge < -0.3 is 0 Å². The van der Waals surface area contributed by atoms with Crippen LogP contribution in [0.5, 0.6) is 0 Å². The number of unbranched alkanes of at least 4 members (excludes halogenated alkanes) is 10. The average Bonchev–Trinajstić information content (AvgIpc) is 1.82. The van der Waals surface area contributed by atoms with Gasteiger partial charge in [0.05, 0.1) is 83.2 Å². The Kier molecular flexibility index (Phi) is 67.3. The molecule has 21 heteroatoms. The van der Waals surface area contributed by atoms with Crippen LogP contribution < -0.4 is 0 Å². The van der Waals surface area contributed by atoms with Crippen molar-refractivity contribution in [2.75, 3.05) is 0 Å². The number of hydrogen-bond acceptors (Lipinski definition) is 14. The second kappa shape index (κ2) is 72.1. The molecule has 0 saturated carbocycles. The van der Waals surface area contributed by atoms with Crippen LogP contribution in [-0.2, 0) is 90.8 Å². The van der Waals surface area contributed by atoms with Gasteiger partial charge in [0.25, 0.3) is 0 Å². The summed E-state index contributed by atoms with van der Waals surface area (Å²) < 4.78 is 14.6. The van der Waals surface area contributed by atoms with Crippen molar-refractivity contribution in [3.63, 3.8) is 0 Å². The Morgan fingerprint density at radius 1 is 0.156 bits per heavy atom. The second-order valence-electron chi connectivity index (χ2n) is 41.5. The Balaban J connectivity index is 0.000000712. The van der Waals surface area contributed by atoms with E-state index in [4.69, 9.17) is 0 Å². The van der Waals surface area contributed by atoms with Crippen LogP contribution in [0.1, 0.15) is 433 Å². The molecule has 0 aliphatic carbocycles. The fraction of sp³-hybridized carbons (Fsp3) is 0.861. The predicted molar refractivity (Wildman–Crippen MR) is 517 cm³/mol. The molecular weight excluding hydrogens is 1510 g/mol. The van der Waals surface area contributed by atoms with E-state index < -0.39 is 0 Å².